The summed E-state index contributed by atoms with van der Waals surface area (Å²) in [5.41, 5.74) is -0.268. The summed E-state index contributed by atoms with van der Waals surface area (Å²) in [6.07, 6.45) is 8.83. The Morgan fingerprint density at radius 3 is 2.70 bits per heavy atom. The molecular formula is C20H34N4O3. The molecule has 0 radical (unpaired) electrons. The molecule has 2 heterocycles. The lowest BCUT2D eigenvalue weighted by Crippen LogP contribution is -2.50. The minimum Gasteiger partial charge on any atom is -0.381 e. The van der Waals surface area contributed by atoms with Crippen molar-refractivity contribution in [2.24, 2.45) is 5.92 Å². The van der Waals surface area contributed by atoms with Gasteiger partial charge < -0.3 is 19.5 Å². The number of urea groups is 1. The van der Waals surface area contributed by atoms with Crippen molar-refractivity contribution >= 4 is 6.03 Å². The third kappa shape index (κ3) is 5.92. The summed E-state index contributed by atoms with van der Waals surface area (Å²) in [5, 5.41) is 7.15. The van der Waals surface area contributed by atoms with Gasteiger partial charge in [0.15, 0.2) is 5.82 Å². The van der Waals surface area contributed by atoms with Crippen LogP contribution >= 0.6 is 0 Å². The second-order valence-electron chi connectivity index (χ2n) is 8.91. The van der Waals surface area contributed by atoms with Gasteiger partial charge in [-0.05, 0) is 58.8 Å². The van der Waals surface area contributed by atoms with Crippen LogP contribution in [-0.4, -0.2) is 46.4 Å². The first-order chi connectivity index (χ1) is 12.9. The summed E-state index contributed by atoms with van der Waals surface area (Å²) in [7, 11) is 0. The normalized spacial score (nSPS) is 21.6. The standard InChI is InChI=1S/C20H34N4O3/c1-20(2,3)22-19(25)24-12-7-6-10-16(24)18-21-17(23-27-18)11-13-26-14-15-8-4-5-9-15/h15-16H,4-14H2,1-3H3,(H,22,25). The average Bonchev–Trinajstić information content (AvgIpc) is 3.29. The highest BCUT2D eigenvalue weighted by Crippen LogP contribution is 2.30. The van der Waals surface area contributed by atoms with E-state index in [-0.39, 0.29) is 17.6 Å². The van der Waals surface area contributed by atoms with E-state index in [4.69, 9.17) is 9.26 Å². The first kappa shape index (κ1) is 20.1. The van der Waals surface area contributed by atoms with E-state index < -0.39 is 0 Å². The van der Waals surface area contributed by atoms with Gasteiger partial charge in [0.25, 0.3) is 0 Å². The topological polar surface area (TPSA) is 80.5 Å². The summed E-state index contributed by atoms with van der Waals surface area (Å²) < 4.78 is 11.3. The molecular weight excluding hydrogens is 344 g/mol. The van der Waals surface area contributed by atoms with E-state index in [1.54, 1.807) is 0 Å². The van der Waals surface area contributed by atoms with Crippen molar-refractivity contribution in [3.63, 3.8) is 0 Å². The number of hydrogen-bond acceptors (Lipinski definition) is 5. The van der Waals surface area contributed by atoms with Crippen molar-refractivity contribution in [1.82, 2.24) is 20.4 Å². The highest BCUT2D eigenvalue weighted by Gasteiger charge is 2.33. The Morgan fingerprint density at radius 2 is 1.96 bits per heavy atom. The Balaban J connectivity index is 1.52. The number of amides is 2. The van der Waals surface area contributed by atoms with Gasteiger partial charge in [-0.2, -0.15) is 4.98 Å². The van der Waals surface area contributed by atoms with Crippen LogP contribution < -0.4 is 5.32 Å². The van der Waals surface area contributed by atoms with Crippen LogP contribution in [0, 0.1) is 5.92 Å². The number of nitrogens with one attached hydrogen (secondary N) is 1. The molecule has 7 nitrogen and oxygen atoms in total. The Hall–Kier alpha value is -1.63. The lowest BCUT2D eigenvalue weighted by Gasteiger charge is -2.35. The zero-order valence-corrected chi connectivity index (χ0v) is 17.0. The number of ether oxygens (including phenoxy) is 1. The number of likely N-dealkylation sites (tertiary alicyclic amines) is 1. The number of carbonyl (C=O) groups excluding carboxylic acids is 1. The molecule has 27 heavy (non-hydrogen) atoms. The maximum Gasteiger partial charge on any atom is 0.318 e. The lowest BCUT2D eigenvalue weighted by atomic mass is 10.0. The van der Waals surface area contributed by atoms with Crippen LogP contribution in [-0.2, 0) is 11.2 Å². The van der Waals surface area contributed by atoms with Gasteiger partial charge in [0.05, 0.1) is 6.61 Å². The molecule has 1 saturated heterocycles. The van der Waals surface area contributed by atoms with Crippen molar-refractivity contribution in [2.75, 3.05) is 19.8 Å². The van der Waals surface area contributed by atoms with Gasteiger partial charge in [-0.15, -0.1) is 0 Å². The summed E-state index contributed by atoms with van der Waals surface area (Å²) in [6, 6.07) is -0.200. The van der Waals surface area contributed by atoms with Crippen molar-refractivity contribution < 1.29 is 14.1 Å². The van der Waals surface area contributed by atoms with Gasteiger partial charge in [-0.1, -0.05) is 18.0 Å². The number of rotatable bonds is 6. The lowest BCUT2D eigenvalue weighted by molar-refractivity contribution is 0.102. The average molecular weight is 379 g/mol. The number of carbonyl (C=O) groups is 1. The fraction of sp³-hybridized carbons (Fsp3) is 0.850. The predicted octanol–water partition coefficient (Wildman–Crippen LogP) is 3.85. The van der Waals surface area contributed by atoms with Crippen LogP contribution in [0.2, 0.25) is 0 Å². The molecule has 1 unspecified atom stereocenters. The van der Waals surface area contributed by atoms with Crippen LogP contribution in [0.3, 0.4) is 0 Å². The van der Waals surface area contributed by atoms with Gasteiger partial charge in [0.1, 0.15) is 6.04 Å². The predicted molar refractivity (Wildman–Crippen MR) is 102 cm³/mol. The van der Waals surface area contributed by atoms with Crippen LogP contribution in [0.5, 0.6) is 0 Å². The van der Waals surface area contributed by atoms with Crippen molar-refractivity contribution in [3.8, 4) is 0 Å². The minimum atomic E-state index is -0.268. The molecule has 1 aliphatic carbocycles. The fourth-order valence-electron chi connectivity index (χ4n) is 3.92. The molecule has 0 bridgehead atoms. The van der Waals surface area contributed by atoms with Crippen LogP contribution in [0.1, 0.15) is 83.5 Å². The van der Waals surface area contributed by atoms with E-state index in [0.717, 1.165) is 38.3 Å². The monoisotopic (exact) mass is 378 g/mol. The largest absolute Gasteiger partial charge is 0.381 e. The van der Waals surface area contributed by atoms with Crippen LogP contribution in [0.25, 0.3) is 0 Å². The molecule has 0 spiro atoms. The summed E-state index contributed by atoms with van der Waals surface area (Å²) in [5.74, 6) is 1.94. The smallest absolute Gasteiger partial charge is 0.318 e. The first-order valence-corrected chi connectivity index (χ1v) is 10.4. The quantitative estimate of drug-likeness (QED) is 0.761. The summed E-state index contributed by atoms with van der Waals surface area (Å²) in [4.78, 5) is 19.0. The number of aromatic nitrogens is 2. The molecule has 3 rings (SSSR count). The number of nitrogens with zero attached hydrogens (tertiary/aromatic N) is 3. The molecule has 1 aromatic rings. The molecule has 2 aliphatic rings. The van der Waals surface area contributed by atoms with Crippen LogP contribution in [0.15, 0.2) is 4.52 Å². The molecule has 152 valence electrons. The second-order valence-corrected chi connectivity index (χ2v) is 8.91. The van der Waals surface area contributed by atoms with Crippen molar-refractivity contribution in [3.05, 3.63) is 11.7 Å². The maximum absolute atomic E-state index is 12.6. The zero-order chi connectivity index (χ0) is 19.3. The maximum atomic E-state index is 12.6. The SMILES string of the molecule is CC(C)(C)NC(=O)N1CCCCC1c1nc(CCOCC2CCCC2)no1. The van der Waals surface area contributed by atoms with E-state index in [9.17, 15) is 4.79 Å². The molecule has 1 aliphatic heterocycles. The van der Waals surface area contributed by atoms with Gasteiger partial charge in [-0.3, -0.25) is 0 Å². The molecule has 2 amide bonds. The van der Waals surface area contributed by atoms with E-state index in [1.807, 2.05) is 25.7 Å². The highest BCUT2D eigenvalue weighted by molar-refractivity contribution is 5.75. The molecule has 2 fully saturated rings. The van der Waals surface area contributed by atoms with Crippen LogP contribution in [0.4, 0.5) is 4.79 Å². The number of hydrogen-bond donors (Lipinski definition) is 1. The van der Waals surface area contributed by atoms with Crippen molar-refractivity contribution in [2.45, 2.75) is 83.7 Å². The van der Waals surface area contributed by atoms with Gasteiger partial charge in [0, 0.05) is 25.1 Å². The second kappa shape index (κ2) is 9.04. The van der Waals surface area contributed by atoms with E-state index >= 15 is 0 Å². The molecule has 1 saturated carbocycles. The number of piperidine rings is 1. The molecule has 1 atom stereocenters. The summed E-state index contributed by atoms with van der Waals surface area (Å²) in [6.45, 7) is 8.14. The molecule has 7 heteroatoms. The van der Waals surface area contributed by atoms with E-state index in [0.29, 0.717) is 24.7 Å². The fourth-order valence-corrected chi connectivity index (χ4v) is 3.92. The zero-order valence-electron chi connectivity index (χ0n) is 17.0. The summed E-state index contributed by atoms with van der Waals surface area (Å²) >= 11 is 0. The molecule has 0 aromatic carbocycles. The highest BCUT2D eigenvalue weighted by atomic mass is 16.5. The Bertz CT molecular complexity index is 605. The van der Waals surface area contributed by atoms with E-state index in [1.165, 1.54) is 25.7 Å². The Morgan fingerprint density at radius 1 is 1.22 bits per heavy atom. The van der Waals surface area contributed by atoms with Crippen molar-refractivity contribution in [1.29, 1.82) is 0 Å². The third-order valence-corrected chi connectivity index (χ3v) is 5.31. The minimum absolute atomic E-state index is 0.0631. The molecule has 1 N–H and O–H groups in total. The van der Waals surface area contributed by atoms with Gasteiger partial charge in [0.2, 0.25) is 5.89 Å². The molecule has 1 aromatic heterocycles. The van der Waals surface area contributed by atoms with Gasteiger partial charge in [-0.25, -0.2) is 4.79 Å². The Labute approximate surface area is 162 Å². The van der Waals surface area contributed by atoms with E-state index in [2.05, 4.69) is 15.5 Å². The third-order valence-electron chi connectivity index (χ3n) is 5.31. The first-order valence-electron chi connectivity index (χ1n) is 10.4. The Kier molecular flexibility index (Phi) is 6.73. The van der Waals surface area contributed by atoms with Gasteiger partial charge >= 0.3 is 6.03 Å².